The van der Waals surface area contributed by atoms with Crippen molar-refractivity contribution in [1.82, 2.24) is 4.98 Å². The van der Waals surface area contributed by atoms with E-state index < -0.39 is 0 Å². The van der Waals surface area contributed by atoms with Crippen molar-refractivity contribution < 1.29 is 0 Å². The zero-order chi connectivity index (χ0) is 6.10. The Morgan fingerprint density at radius 2 is 2.30 bits per heavy atom. The second-order valence-corrected chi connectivity index (χ2v) is 2.41. The lowest BCUT2D eigenvalue weighted by atomic mass is 10.1. The topological polar surface area (TPSA) is 27.8 Å². The molecule has 0 unspecified atom stereocenters. The summed E-state index contributed by atoms with van der Waals surface area (Å²) in [7, 11) is 0. The molecule has 0 bridgehead atoms. The molecule has 0 spiro atoms. The minimum absolute atomic E-state index is 0. The van der Waals surface area contributed by atoms with Crippen molar-refractivity contribution in [1.29, 1.82) is 0 Å². The van der Waals surface area contributed by atoms with Crippen LogP contribution in [0.1, 0.15) is 12.0 Å². The molecule has 0 aromatic carbocycles. The lowest BCUT2D eigenvalue weighted by Gasteiger charge is -2.12. The number of nitrogens with one attached hydrogen (secondary N) is 2. The molecule has 2 heterocycles. The molecule has 0 amide bonds. The summed E-state index contributed by atoms with van der Waals surface area (Å²) in [6, 6.07) is 2.14. The van der Waals surface area contributed by atoms with Gasteiger partial charge in [-0.15, -0.1) is 12.4 Å². The van der Waals surface area contributed by atoms with E-state index in [9.17, 15) is 0 Å². The number of hydrogen-bond donors (Lipinski definition) is 2. The highest BCUT2D eigenvalue weighted by molar-refractivity contribution is 5.85. The maximum atomic E-state index is 3.29. The van der Waals surface area contributed by atoms with Gasteiger partial charge in [0.25, 0.3) is 0 Å². The molecule has 0 saturated heterocycles. The van der Waals surface area contributed by atoms with E-state index in [2.05, 4.69) is 16.4 Å². The van der Waals surface area contributed by atoms with Gasteiger partial charge in [-0.25, -0.2) is 0 Å². The van der Waals surface area contributed by atoms with Crippen molar-refractivity contribution >= 4 is 18.2 Å². The molecule has 0 saturated carbocycles. The van der Waals surface area contributed by atoms with Crippen LogP contribution in [0.15, 0.2) is 12.3 Å². The third-order valence-electron chi connectivity index (χ3n) is 1.76. The number of fused-ring (bicyclic) bond motifs is 1. The highest BCUT2D eigenvalue weighted by atomic mass is 35.5. The van der Waals surface area contributed by atoms with Crippen LogP contribution in [0.5, 0.6) is 0 Å². The smallest absolute Gasteiger partial charge is 0.106 e. The predicted molar refractivity (Wildman–Crippen MR) is 44.9 cm³/mol. The highest BCUT2D eigenvalue weighted by Gasteiger charge is 2.06. The molecule has 0 aliphatic carbocycles. The monoisotopic (exact) mass is 158 g/mol. The average molecular weight is 159 g/mol. The summed E-state index contributed by atoms with van der Waals surface area (Å²) in [6.07, 6.45) is 4.49. The van der Waals surface area contributed by atoms with Crippen molar-refractivity contribution in [3.63, 3.8) is 0 Å². The van der Waals surface area contributed by atoms with Crippen molar-refractivity contribution in [2.75, 3.05) is 11.9 Å². The zero-order valence-corrected chi connectivity index (χ0v) is 6.50. The minimum Gasteiger partial charge on any atom is -0.371 e. The number of halogens is 1. The summed E-state index contributed by atoms with van der Waals surface area (Å²) >= 11 is 0. The number of aryl methyl sites for hydroxylation is 1. The van der Waals surface area contributed by atoms with E-state index >= 15 is 0 Å². The number of hydrogen-bond acceptors (Lipinski definition) is 1. The van der Waals surface area contributed by atoms with Crippen LogP contribution in [0, 0.1) is 0 Å². The predicted octanol–water partition coefficient (Wildman–Crippen LogP) is 1.79. The standard InChI is InChI=1S/C7H10N2.ClH/c1-2-6-3-5-9-7(6)8-4-1;/h3,5,8-9H,1-2,4H2;1H. The maximum absolute atomic E-state index is 3.29. The summed E-state index contributed by atoms with van der Waals surface area (Å²) in [5, 5.41) is 3.29. The number of aromatic nitrogens is 1. The molecule has 1 aliphatic rings. The molecule has 0 radical (unpaired) electrons. The van der Waals surface area contributed by atoms with Gasteiger partial charge in [0.15, 0.2) is 0 Å². The van der Waals surface area contributed by atoms with E-state index in [-0.39, 0.29) is 12.4 Å². The molecular formula is C7H11ClN2. The van der Waals surface area contributed by atoms with Gasteiger partial charge >= 0.3 is 0 Å². The lowest BCUT2D eigenvalue weighted by molar-refractivity contribution is 0.828. The van der Waals surface area contributed by atoms with Crippen LogP contribution in [-0.2, 0) is 6.42 Å². The molecule has 1 aromatic heterocycles. The van der Waals surface area contributed by atoms with Crippen LogP contribution in [0.2, 0.25) is 0 Å². The van der Waals surface area contributed by atoms with Crippen LogP contribution in [0.25, 0.3) is 0 Å². The molecule has 2 rings (SSSR count). The Labute approximate surface area is 66.4 Å². The van der Waals surface area contributed by atoms with E-state index in [1.54, 1.807) is 0 Å². The Morgan fingerprint density at radius 3 is 3.10 bits per heavy atom. The maximum Gasteiger partial charge on any atom is 0.106 e. The fourth-order valence-corrected chi connectivity index (χ4v) is 1.27. The summed E-state index contributed by atoms with van der Waals surface area (Å²) in [6.45, 7) is 1.12. The molecule has 0 fully saturated rings. The van der Waals surface area contributed by atoms with E-state index in [1.807, 2.05) is 6.20 Å². The first kappa shape index (κ1) is 7.48. The highest BCUT2D eigenvalue weighted by Crippen LogP contribution is 2.18. The zero-order valence-electron chi connectivity index (χ0n) is 5.68. The van der Waals surface area contributed by atoms with Crippen LogP contribution < -0.4 is 5.32 Å². The van der Waals surface area contributed by atoms with Gasteiger partial charge in [-0.3, -0.25) is 0 Å². The second kappa shape index (κ2) is 2.97. The Bertz CT molecular complexity index is 187. The van der Waals surface area contributed by atoms with Crippen LogP contribution in [0.4, 0.5) is 5.82 Å². The fourth-order valence-electron chi connectivity index (χ4n) is 1.27. The van der Waals surface area contributed by atoms with Crippen molar-refractivity contribution in [3.05, 3.63) is 17.8 Å². The first-order valence-corrected chi connectivity index (χ1v) is 3.37. The van der Waals surface area contributed by atoms with E-state index in [1.165, 1.54) is 24.2 Å². The van der Waals surface area contributed by atoms with Crippen molar-refractivity contribution in [3.8, 4) is 0 Å². The lowest BCUT2D eigenvalue weighted by Crippen LogP contribution is -2.10. The number of aromatic amines is 1. The molecule has 1 aliphatic heterocycles. The quantitative estimate of drug-likeness (QED) is 0.592. The molecule has 3 heteroatoms. The van der Waals surface area contributed by atoms with Gasteiger partial charge < -0.3 is 10.3 Å². The summed E-state index contributed by atoms with van der Waals surface area (Å²) in [5.74, 6) is 1.22. The van der Waals surface area contributed by atoms with Crippen molar-refractivity contribution in [2.24, 2.45) is 0 Å². The number of rotatable bonds is 0. The third kappa shape index (κ3) is 1.12. The van der Waals surface area contributed by atoms with E-state index in [4.69, 9.17) is 0 Å². The van der Waals surface area contributed by atoms with Crippen molar-refractivity contribution in [2.45, 2.75) is 12.8 Å². The Hall–Kier alpha value is -0.630. The molecular weight excluding hydrogens is 148 g/mol. The normalized spacial score (nSPS) is 14.8. The molecule has 2 N–H and O–H groups in total. The Balaban J connectivity index is 0.000000500. The van der Waals surface area contributed by atoms with Gasteiger partial charge in [-0.05, 0) is 24.5 Å². The summed E-state index contributed by atoms with van der Waals surface area (Å²) in [4.78, 5) is 3.15. The average Bonchev–Trinajstić information content (AvgIpc) is 2.33. The number of H-pyrrole nitrogens is 1. The number of anilines is 1. The third-order valence-corrected chi connectivity index (χ3v) is 1.76. The summed E-state index contributed by atoms with van der Waals surface area (Å²) in [5.41, 5.74) is 1.43. The molecule has 10 heavy (non-hydrogen) atoms. The first-order chi connectivity index (χ1) is 4.47. The van der Waals surface area contributed by atoms with Gasteiger partial charge in [0.1, 0.15) is 5.82 Å². The Kier molecular flexibility index (Phi) is 2.22. The van der Waals surface area contributed by atoms with E-state index in [0.717, 1.165) is 6.54 Å². The minimum atomic E-state index is 0. The van der Waals surface area contributed by atoms with Gasteiger partial charge in [-0.2, -0.15) is 0 Å². The van der Waals surface area contributed by atoms with Gasteiger partial charge in [0, 0.05) is 12.7 Å². The van der Waals surface area contributed by atoms with Gasteiger partial charge in [-0.1, -0.05) is 0 Å². The van der Waals surface area contributed by atoms with Gasteiger partial charge in [0.05, 0.1) is 0 Å². The SMILES string of the molecule is Cl.c1cc2c([nH]1)NCCC2. The van der Waals surface area contributed by atoms with Crippen LogP contribution in [-0.4, -0.2) is 11.5 Å². The largest absolute Gasteiger partial charge is 0.371 e. The van der Waals surface area contributed by atoms with Gasteiger partial charge in [0.2, 0.25) is 0 Å². The first-order valence-electron chi connectivity index (χ1n) is 3.37. The Morgan fingerprint density at radius 1 is 1.40 bits per heavy atom. The van der Waals surface area contributed by atoms with E-state index in [0.29, 0.717) is 0 Å². The van der Waals surface area contributed by atoms with Crippen LogP contribution >= 0.6 is 12.4 Å². The fraction of sp³-hybridized carbons (Fsp3) is 0.429. The molecule has 56 valence electrons. The second-order valence-electron chi connectivity index (χ2n) is 2.41. The molecule has 0 atom stereocenters. The molecule has 2 nitrogen and oxygen atoms in total. The van der Waals surface area contributed by atoms with Crippen LogP contribution in [0.3, 0.4) is 0 Å². The summed E-state index contributed by atoms with van der Waals surface area (Å²) < 4.78 is 0. The molecule has 1 aromatic rings.